The van der Waals surface area contributed by atoms with Gasteiger partial charge in [0.05, 0.1) is 5.69 Å². The van der Waals surface area contributed by atoms with Gasteiger partial charge in [-0.25, -0.2) is 4.79 Å². The van der Waals surface area contributed by atoms with E-state index in [-0.39, 0.29) is 10.7 Å². The number of ether oxygens (including phenoxy) is 2. The Kier molecular flexibility index (Phi) is 5.98. The third-order valence-corrected chi connectivity index (χ3v) is 2.95. The van der Waals surface area contributed by atoms with Gasteiger partial charge in [-0.15, -0.1) is 0 Å². The van der Waals surface area contributed by atoms with Crippen molar-refractivity contribution >= 4 is 40.8 Å². The van der Waals surface area contributed by atoms with E-state index in [1.54, 1.807) is 0 Å². The van der Waals surface area contributed by atoms with Crippen LogP contribution in [0.25, 0.3) is 0 Å². The number of hydrogen-bond acceptors (Lipinski definition) is 6. The zero-order valence-corrected chi connectivity index (χ0v) is 12.7. The van der Waals surface area contributed by atoms with E-state index < -0.39 is 41.9 Å². The monoisotopic (exact) mass is 339 g/mol. The fraction of sp³-hybridized carbons (Fsp3) is 0.364. The van der Waals surface area contributed by atoms with Gasteiger partial charge in [0.25, 0.3) is 5.91 Å². The maximum absolute atomic E-state index is 13.3. The molecule has 116 valence electrons. The highest BCUT2D eigenvalue weighted by molar-refractivity contribution is 6.39. The molecular weight excluding hydrogens is 328 g/mol. The average Bonchev–Trinajstić information content (AvgIpc) is 2.44. The molecule has 0 saturated heterocycles. The number of esters is 1. The number of nitrogens with two attached hydrogens (primary N) is 1. The highest BCUT2D eigenvalue weighted by Crippen LogP contribution is 2.35. The number of aromatic nitrogens is 1. The SMILES string of the molecule is CN(C)C(=O)COC(=O)COc1nc(F)c(Cl)c(N)c1Cl. The Morgan fingerprint density at radius 2 is 1.90 bits per heavy atom. The van der Waals surface area contributed by atoms with Crippen LogP contribution in [-0.2, 0) is 14.3 Å². The third-order valence-electron chi connectivity index (χ3n) is 2.22. The van der Waals surface area contributed by atoms with Crippen molar-refractivity contribution in [3.05, 3.63) is 16.0 Å². The molecule has 1 rings (SSSR count). The minimum Gasteiger partial charge on any atom is -0.464 e. The van der Waals surface area contributed by atoms with Crippen molar-refractivity contribution in [1.29, 1.82) is 0 Å². The van der Waals surface area contributed by atoms with Gasteiger partial charge in [0, 0.05) is 14.1 Å². The minimum absolute atomic E-state index is 0.224. The number of anilines is 1. The van der Waals surface area contributed by atoms with Gasteiger partial charge < -0.3 is 20.1 Å². The van der Waals surface area contributed by atoms with E-state index in [1.807, 2.05) is 0 Å². The number of rotatable bonds is 5. The van der Waals surface area contributed by atoms with Crippen molar-refractivity contribution in [3.63, 3.8) is 0 Å². The van der Waals surface area contributed by atoms with Crippen molar-refractivity contribution in [2.45, 2.75) is 0 Å². The Hall–Kier alpha value is -1.80. The van der Waals surface area contributed by atoms with Gasteiger partial charge in [0.15, 0.2) is 13.2 Å². The zero-order valence-electron chi connectivity index (χ0n) is 11.2. The Morgan fingerprint density at radius 1 is 1.29 bits per heavy atom. The summed E-state index contributed by atoms with van der Waals surface area (Å²) in [6.07, 6.45) is 0. The summed E-state index contributed by atoms with van der Waals surface area (Å²) < 4.78 is 22.8. The Labute approximate surface area is 129 Å². The molecule has 0 radical (unpaired) electrons. The van der Waals surface area contributed by atoms with E-state index in [9.17, 15) is 14.0 Å². The summed E-state index contributed by atoms with van der Waals surface area (Å²) in [4.78, 5) is 27.1. The molecule has 0 aliphatic rings. The number of likely N-dealkylation sites (N-methyl/N-ethyl adjacent to an activating group) is 1. The van der Waals surface area contributed by atoms with Crippen LogP contribution >= 0.6 is 23.2 Å². The van der Waals surface area contributed by atoms with Crippen molar-refractivity contribution in [2.24, 2.45) is 0 Å². The number of carbonyl (C=O) groups excluding carboxylic acids is 2. The molecule has 0 saturated carbocycles. The highest BCUT2D eigenvalue weighted by Gasteiger charge is 2.18. The quantitative estimate of drug-likeness (QED) is 0.638. The Bertz CT molecular complexity index is 569. The molecule has 1 heterocycles. The maximum atomic E-state index is 13.3. The second-order valence-electron chi connectivity index (χ2n) is 3.99. The summed E-state index contributed by atoms with van der Waals surface area (Å²) in [5.74, 6) is -2.73. The lowest BCUT2D eigenvalue weighted by atomic mass is 10.4. The van der Waals surface area contributed by atoms with Crippen LogP contribution < -0.4 is 10.5 Å². The Morgan fingerprint density at radius 3 is 2.48 bits per heavy atom. The number of pyridine rings is 1. The standard InChI is InChI=1S/C11H12Cl2FN3O4/c1-17(2)5(18)3-20-6(19)4-21-11-8(13)9(15)7(12)10(14)16-11/h3-4H2,1-2H3,(H2,15,16). The van der Waals surface area contributed by atoms with Crippen molar-refractivity contribution < 1.29 is 23.5 Å². The van der Waals surface area contributed by atoms with E-state index >= 15 is 0 Å². The summed E-state index contributed by atoms with van der Waals surface area (Å²) in [5.41, 5.74) is 5.18. The summed E-state index contributed by atoms with van der Waals surface area (Å²) in [6, 6.07) is 0. The largest absolute Gasteiger partial charge is 0.464 e. The van der Waals surface area contributed by atoms with Crippen LogP contribution in [0, 0.1) is 5.95 Å². The number of amides is 1. The van der Waals surface area contributed by atoms with E-state index in [0.717, 1.165) is 0 Å². The fourth-order valence-electron chi connectivity index (χ4n) is 1.05. The second kappa shape index (κ2) is 7.28. The van der Waals surface area contributed by atoms with E-state index in [0.29, 0.717) is 0 Å². The summed E-state index contributed by atoms with van der Waals surface area (Å²) in [7, 11) is 3.02. The molecule has 21 heavy (non-hydrogen) atoms. The molecule has 0 fully saturated rings. The number of nitrogens with zero attached hydrogens (tertiary/aromatic N) is 2. The molecular formula is C11H12Cl2FN3O4. The minimum atomic E-state index is -1.08. The molecule has 0 bridgehead atoms. The molecule has 1 aromatic heterocycles. The number of halogens is 3. The topological polar surface area (TPSA) is 94.8 Å². The molecule has 2 N–H and O–H groups in total. The van der Waals surface area contributed by atoms with Crippen molar-refractivity contribution in [3.8, 4) is 5.88 Å². The molecule has 0 unspecified atom stereocenters. The van der Waals surface area contributed by atoms with Crippen molar-refractivity contribution in [1.82, 2.24) is 9.88 Å². The van der Waals surface area contributed by atoms with Gasteiger partial charge in [-0.2, -0.15) is 9.37 Å². The zero-order chi connectivity index (χ0) is 16.2. The van der Waals surface area contributed by atoms with Gasteiger partial charge >= 0.3 is 5.97 Å². The van der Waals surface area contributed by atoms with Gasteiger partial charge in [-0.3, -0.25) is 4.79 Å². The van der Waals surface area contributed by atoms with E-state index in [2.05, 4.69) is 9.72 Å². The van der Waals surface area contributed by atoms with Crippen LogP contribution in [0.4, 0.5) is 10.1 Å². The maximum Gasteiger partial charge on any atom is 0.344 e. The molecule has 0 aliphatic heterocycles. The van der Waals surface area contributed by atoms with Crippen LogP contribution in [0.5, 0.6) is 5.88 Å². The molecule has 1 amide bonds. The lowest BCUT2D eigenvalue weighted by Crippen LogP contribution is -2.28. The summed E-state index contributed by atoms with van der Waals surface area (Å²) >= 11 is 11.2. The first-order valence-electron chi connectivity index (χ1n) is 5.52. The molecule has 1 aromatic rings. The predicted octanol–water partition coefficient (Wildman–Crippen LogP) is 1.12. The van der Waals surface area contributed by atoms with Crippen LogP contribution in [-0.4, -0.2) is 49.1 Å². The van der Waals surface area contributed by atoms with Crippen LogP contribution in [0.3, 0.4) is 0 Å². The fourth-order valence-corrected chi connectivity index (χ4v) is 1.42. The number of nitrogen functional groups attached to an aromatic ring is 1. The molecule has 10 heteroatoms. The average molecular weight is 340 g/mol. The molecule has 0 spiro atoms. The first-order chi connectivity index (χ1) is 9.73. The smallest absolute Gasteiger partial charge is 0.344 e. The van der Waals surface area contributed by atoms with Gasteiger partial charge in [0.2, 0.25) is 11.8 Å². The molecule has 0 aliphatic carbocycles. The number of carbonyl (C=O) groups is 2. The predicted molar refractivity (Wildman–Crippen MR) is 73.8 cm³/mol. The van der Waals surface area contributed by atoms with Crippen LogP contribution in [0.1, 0.15) is 0 Å². The Balaban J connectivity index is 2.60. The molecule has 7 nitrogen and oxygen atoms in total. The molecule has 0 atom stereocenters. The van der Waals surface area contributed by atoms with Gasteiger partial charge in [-0.1, -0.05) is 23.2 Å². The van der Waals surface area contributed by atoms with Gasteiger partial charge in [-0.05, 0) is 0 Å². The highest BCUT2D eigenvalue weighted by atomic mass is 35.5. The first kappa shape index (κ1) is 17.3. The summed E-state index contributed by atoms with van der Waals surface area (Å²) in [5, 5.41) is -0.662. The van der Waals surface area contributed by atoms with Crippen molar-refractivity contribution in [2.75, 3.05) is 33.0 Å². The first-order valence-corrected chi connectivity index (χ1v) is 6.28. The lowest BCUT2D eigenvalue weighted by molar-refractivity contribution is -0.152. The van der Waals surface area contributed by atoms with Gasteiger partial charge in [0.1, 0.15) is 10.0 Å². The van der Waals surface area contributed by atoms with E-state index in [1.165, 1.54) is 19.0 Å². The lowest BCUT2D eigenvalue weighted by Gasteiger charge is -2.11. The number of hydrogen-bond donors (Lipinski definition) is 1. The third kappa shape index (κ3) is 4.61. The second-order valence-corrected chi connectivity index (χ2v) is 4.74. The molecule has 0 aromatic carbocycles. The summed E-state index contributed by atoms with van der Waals surface area (Å²) in [6.45, 7) is -1.05. The normalized spacial score (nSPS) is 10.1. The van der Waals surface area contributed by atoms with Crippen LogP contribution in [0.15, 0.2) is 0 Å². The van der Waals surface area contributed by atoms with Crippen LogP contribution in [0.2, 0.25) is 10.0 Å². The van der Waals surface area contributed by atoms with E-state index in [4.69, 9.17) is 33.7 Å².